The SMILES string of the molecule is Cn1nnc2ncn(Cc3nc(CCOc4ccc(Cl)cc4)no3)c(=O)c21. The van der Waals surface area contributed by atoms with Crippen LogP contribution in [0, 0.1) is 0 Å². The van der Waals surface area contributed by atoms with Crippen molar-refractivity contribution in [3.8, 4) is 5.75 Å². The highest BCUT2D eigenvalue weighted by Gasteiger charge is 2.13. The lowest BCUT2D eigenvalue weighted by molar-refractivity contribution is 0.313. The summed E-state index contributed by atoms with van der Waals surface area (Å²) < 4.78 is 13.6. The molecule has 0 aliphatic carbocycles. The van der Waals surface area contributed by atoms with E-state index in [1.54, 1.807) is 31.3 Å². The summed E-state index contributed by atoms with van der Waals surface area (Å²) in [5, 5.41) is 12.2. The molecule has 4 rings (SSSR count). The average molecular weight is 388 g/mol. The molecule has 0 spiro atoms. The van der Waals surface area contributed by atoms with Gasteiger partial charge in [-0.05, 0) is 24.3 Å². The number of rotatable bonds is 6. The van der Waals surface area contributed by atoms with E-state index < -0.39 is 0 Å². The molecule has 0 N–H and O–H groups in total. The molecule has 0 aliphatic heterocycles. The van der Waals surface area contributed by atoms with E-state index >= 15 is 0 Å². The zero-order valence-electron chi connectivity index (χ0n) is 14.2. The topological polar surface area (TPSA) is 114 Å². The van der Waals surface area contributed by atoms with Crippen molar-refractivity contribution in [2.45, 2.75) is 13.0 Å². The monoisotopic (exact) mass is 387 g/mol. The second-order valence-corrected chi connectivity index (χ2v) is 6.16. The van der Waals surface area contributed by atoms with Crippen LogP contribution in [0.2, 0.25) is 5.02 Å². The van der Waals surface area contributed by atoms with Gasteiger partial charge in [-0.25, -0.2) is 9.67 Å². The van der Waals surface area contributed by atoms with Crippen LogP contribution in [-0.4, -0.2) is 41.3 Å². The molecule has 1 aromatic carbocycles. The van der Waals surface area contributed by atoms with Gasteiger partial charge in [0.1, 0.15) is 18.6 Å². The Balaban J connectivity index is 1.41. The van der Waals surface area contributed by atoms with Crippen LogP contribution in [0.1, 0.15) is 11.7 Å². The Bertz CT molecular complexity index is 1130. The fraction of sp³-hybridized carbons (Fsp3) is 0.250. The largest absolute Gasteiger partial charge is 0.493 e. The van der Waals surface area contributed by atoms with Crippen molar-refractivity contribution in [3.05, 3.63) is 57.7 Å². The van der Waals surface area contributed by atoms with Crippen LogP contribution in [-0.2, 0) is 20.0 Å². The average Bonchev–Trinajstić information content (AvgIpc) is 3.26. The van der Waals surface area contributed by atoms with Crippen LogP contribution in [0.25, 0.3) is 11.2 Å². The number of ether oxygens (including phenoxy) is 1. The predicted octanol–water partition coefficient (Wildman–Crippen LogP) is 1.23. The van der Waals surface area contributed by atoms with Gasteiger partial charge >= 0.3 is 0 Å². The van der Waals surface area contributed by atoms with E-state index in [-0.39, 0.29) is 12.1 Å². The van der Waals surface area contributed by atoms with Crippen molar-refractivity contribution in [2.24, 2.45) is 7.05 Å². The zero-order chi connectivity index (χ0) is 18.8. The number of nitrogens with zero attached hydrogens (tertiary/aromatic N) is 7. The fourth-order valence-electron chi connectivity index (χ4n) is 2.49. The molecular weight excluding hydrogens is 374 g/mol. The van der Waals surface area contributed by atoms with Gasteiger partial charge < -0.3 is 9.26 Å². The minimum atomic E-state index is -0.279. The quantitative estimate of drug-likeness (QED) is 0.485. The van der Waals surface area contributed by atoms with Crippen LogP contribution < -0.4 is 10.3 Å². The molecule has 4 aromatic rings. The minimum absolute atomic E-state index is 0.109. The van der Waals surface area contributed by atoms with Gasteiger partial charge in [0.15, 0.2) is 11.3 Å². The number of fused-ring (bicyclic) bond motifs is 1. The molecule has 3 aromatic heterocycles. The van der Waals surface area contributed by atoms with Gasteiger partial charge in [-0.1, -0.05) is 22.0 Å². The Morgan fingerprint density at radius 3 is 2.89 bits per heavy atom. The lowest BCUT2D eigenvalue weighted by atomic mass is 10.3. The van der Waals surface area contributed by atoms with Crippen molar-refractivity contribution in [1.29, 1.82) is 0 Å². The smallest absolute Gasteiger partial charge is 0.281 e. The van der Waals surface area contributed by atoms with Gasteiger partial charge in [0.2, 0.25) is 11.5 Å². The lowest BCUT2D eigenvalue weighted by Gasteiger charge is -2.03. The number of aryl methyl sites for hydroxylation is 1. The second-order valence-electron chi connectivity index (χ2n) is 5.72. The number of hydrogen-bond donors (Lipinski definition) is 0. The van der Waals surface area contributed by atoms with E-state index in [4.69, 9.17) is 20.9 Å². The van der Waals surface area contributed by atoms with Crippen molar-refractivity contribution in [1.82, 2.24) is 34.7 Å². The maximum atomic E-state index is 12.5. The molecule has 27 heavy (non-hydrogen) atoms. The van der Waals surface area contributed by atoms with E-state index in [1.165, 1.54) is 15.6 Å². The molecule has 0 atom stereocenters. The van der Waals surface area contributed by atoms with E-state index in [2.05, 4.69) is 25.4 Å². The fourth-order valence-corrected chi connectivity index (χ4v) is 2.61. The summed E-state index contributed by atoms with van der Waals surface area (Å²) in [5.74, 6) is 1.50. The van der Waals surface area contributed by atoms with Crippen molar-refractivity contribution < 1.29 is 9.26 Å². The molecule has 0 aliphatic rings. The Morgan fingerprint density at radius 1 is 1.26 bits per heavy atom. The van der Waals surface area contributed by atoms with Crippen LogP contribution in [0.15, 0.2) is 39.9 Å². The maximum absolute atomic E-state index is 12.5. The summed E-state index contributed by atoms with van der Waals surface area (Å²) in [4.78, 5) is 20.9. The number of hydrogen-bond acceptors (Lipinski definition) is 8. The predicted molar refractivity (Wildman–Crippen MR) is 94.6 cm³/mol. The van der Waals surface area contributed by atoms with Gasteiger partial charge in [0, 0.05) is 18.5 Å². The maximum Gasteiger partial charge on any atom is 0.281 e. The van der Waals surface area contributed by atoms with Gasteiger partial charge in [0.05, 0.1) is 6.61 Å². The van der Waals surface area contributed by atoms with Crippen molar-refractivity contribution >= 4 is 22.8 Å². The van der Waals surface area contributed by atoms with E-state index in [0.717, 1.165) is 0 Å². The Morgan fingerprint density at radius 2 is 2.07 bits per heavy atom. The lowest BCUT2D eigenvalue weighted by Crippen LogP contribution is -2.22. The molecule has 11 heteroatoms. The first-order valence-corrected chi connectivity index (χ1v) is 8.42. The van der Waals surface area contributed by atoms with Crippen molar-refractivity contribution in [2.75, 3.05) is 6.61 Å². The summed E-state index contributed by atoms with van der Waals surface area (Å²) in [6.07, 6.45) is 1.84. The second kappa shape index (κ2) is 7.16. The summed E-state index contributed by atoms with van der Waals surface area (Å²) in [6.45, 7) is 0.493. The van der Waals surface area contributed by atoms with E-state index in [0.29, 0.717) is 46.7 Å². The van der Waals surface area contributed by atoms with Gasteiger partial charge in [-0.2, -0.15) is 4.98 Å². The number of halogens is 1. The summed E-state index contributed by atoms with van der Waals surface area (Å²) >= 11 is 5.83. The third-order valence-corrected chi connectivity index (χ3v) is 4.07. The van der Waals surface area contributed by atoms with Crippen LogP contribution in [0.5, 0.6) is 5.75 Å². The Kier molecular flexibility index (Phi) is 4.55. The van der Waals surface area contributed by atoms with Crippen molar-refractivity contribution in [3.63, 3.8) is 0 Å². The highest BCUT2D eigenvalue weighted by Crippen LogP contribution is 2.15. The molecular formula is C16H14ClN7O3. The first-order valence-electron chi connectivity index (χ1n) is 8.05. The highest BCUT2D eigenvalue weighted by molar-refractivity contribution is 6.30. The number of benzene rings is 1. The normalized spacial score (nSPS) is 11.2. The molecule has 0 amide bonds. The van der Waals surface area contributed by atoms with Crippen LogP contribution in [0.3, 0.4) is 0 Å². The Hall–Kier alpha value is -3.27. The van der Waals surface area contributed by atoms with Crippen LogP contribution >= 0.6 is 11.6 Å². The molecule has 0 bridgehead atoms. The summed E-state index contributed by atoms with van der Waals surface area (Å²) in [7, 11) is 1.63. The molecule has 138 valence electrons. The Labute approximate surface area is 157 Å². The summed E-state index contributed by atoms with van der Waals surface area (Å²) in [5.41, 5.74) is 0.330. The molecule has 3 heterocycles. The summed E-state index contributed by atoms with van der Waals surface area (Å²) in [6, 6.07) is 7.08. The minimum Gasteiger partial charge on any atom is -0.493 e. The third kappa shape index (κ3) is 3.65. The molecule has 0 fully saturated rings. The van der Waals surface area contributed by atoms with Crippen LogP contribution in [0.4, 0.5) is 0 Å². The standard InChI is InChI=1S/C16H14ClN7O3/c1-23-14-15(20-22-23)18-9-24(16(14)25)8-13-19-12(21-27-13)6-7-26-11-4-2-10(17)3-5-11/h2-5,9H,6-8H2,1H3. The number of aromatic nitrogens is 7. The van der Waals surface area contributed by atoms with Gasteiger partial charge in [0.25, 0.3) is 5.56 Å². The molecule has 0 saturated carbocycles. The van der Waals surface area contributed by atoms with E-state index in [1.807, 2.05) is 0 Å². The molecule has 10 nitrogen and oxygen atoms in total. The van der Waals surface area contributed by atoms with Gasteiger partial charge in [-0.3, -0.25) is 9.36 Å². The van der Waals surface area contributed by atoms with E-state index in [9.17, 15) is 4.79 Å². The first-order chi connectivity index (χ1) is 13.1. The highest BCUT2D eigenvalue weighted by atomic mass is 35.5. The molecule has 0 unspecified atom stereocenters. The zero-order valence-corrected chi connectivity index (χ0v) is 15.0. The first kappa shape index (κ1) is 17.2. The third-order valence-electron chi connectivity index (χ3n) is 3.82. The molecule has 0 saturated heterocycles. The molecule has 0 radical (unpaired) electrons. The van der Waals surface area contributed by atoms with Gasteiger partial charge in [-0.15, -0.1) is 5.10 Å².